The summed E-state index contributed by atoms with van der Waals surface area (Å²) in [5.74, 6) is -2.89. The molecular formula is C32H32F3N5O6S. The fourth-order valence-corrected chi connectivity index (χ4v) is 5.97. The van der Waals surface area contributed by atoms with Gasteiger partial charge in [-0.05, 0) is 77.4 Å². The minimum atomic E-state index is -5.08. The highest BCUT2D eigenvalue weighted by atomic mass is 32.2. The molecule has 0 spiro atoms. The van der Waals surface area contributed by atoms with E-state index in [1.807, 2.05) is 48.5 Å². The topological polar surface area (TPSA) is 181 Å². The lowest BCUT2D eigenvalue weighted by Gasteiger charge is -2.22. The van der Waals surface area contributed by atoms with Crippen LogP contribution in [-0.4, -0.2) is 48.2 Å². The van der Waals surface area contributed by atoms with Crippen LogP contribution < -0.4 is 21.7 Å². The predicted molar refractivity (Wildman–Crippen MR) is 170 cm³/mol. The molecule has 0 fully saturated rings. The van der Waals surface area contributed by atoms with E-state index in [4.69, 9.17) is 15.6 Å². The molecule has 0 saturated heterocycles. The molecule has 6 N–H and O–H groups in total. The number of hydrogen-bond acceptors (Lipinski definition) is 8. The fraction of sp³-hybridized carbons (Fsp3) is 0.250. The second-order valence-corrected chi connectivity index (χ2v) is 12.8. The molecule has 1 atom stereocenters. The molecule has 2 amide bonds. The smallest absolute Gasteiger partial charge is 0.475 e. The Morgan fingerprint density at radius 2 is 1.74 bits per heavy atom. The van der Waals surface area contributed by atoms with Crippen molar-refractivity contribution in [3.8, 4) is 0 Å². The van der Waals surface area contributed by atoms with Crippen molar-refractivity contribution in [1.29, 1.82) is 0 Å². The number of carboxylic acid groups (broad SMARTS) is 1. The highest BCUT2D eigenvalue weighted by Gasteiger charge is 2.38. The number of carboxylic acids is 1. The van der Waals surface area contributed by atoms with Crippen LogP contribution in [0.3, 0.4) is 0 Å². The maximum Gasteiger partial charge on any atom is 0.490 e. The van der Waals surface area contributed by atoms with Gasteiger partial charge in [0.05, 0.1) is 10.6 Å². The van der Waals surface area contributed by atoms with Crippen LogP contribution in [0, 0.1) is 0 Å². The summed E-state index contributed by atoms with van der Waals surface area (Å²) in [5.41, 5.74) is 9.42. The van der Waals surface area contributed by atoms with Crippen molar-refractivity contribution in [3.63, 3.8) is 0 Å². The van der Waals surface area contributed by atoms with Gasteiger partial charge < -0.3 is 26.8 Å². The molecule has 4 bridgehead atoms. The van der Waals surface area contributed by atoms with Gasteiger partial charge in [0.15, 0.2) is 9.84 Å². The van der Waals surface area contributed by atoms with E-state index in [1.165, 1.54) is 6.07 Å². The number of anilines is 3. The molecule has 0 saturated carbocycles. The van der Waals surface area contributed by atoms with E-state index in [9.17, 15) is 31.2 Å². The average Bonchev–Trinajstić information content (AvgIpc) is 3.02. The SMILES string of the molecule is CCS(=O)(=O)c1ccc2cc1CNC(=O)C(Nc1ccc3c(N)nccc3c1)c1ccc(cc1)CCCC(=O)N2.O=C(O)C(F)(F)F. The predicted octanol–water partition coefficient (Wildman–Crippen LogP) is 4.99. The van der Waals surface area contributed by atoms with E-state index >= 15 is 0 Å². The Balaban J connectivity index is 0.000000644. The number of benzene rings is 3. The monoisotopic (exact) mass is 671 g/mol. The molecule has 0 radical (unpaired) electrons. The number of carbonyl (C=O) groups excluding carboxylic acids is 2. The van der Waals surface area contributed by atoms with Gasteiger partial charge in [0.2, 0.25) is 11.8 Å². The van der Waals surface area contributed by atoms with E-state index < -0.39 is 28.0 Å². The summed E-state index contributed by atoms with van der Waals surface area (Å²) < 4.78 is 57.4. The molecule has 3 heterocycles. The molecule has 1 aromatic heterocycles. The summed E-state index contributed by atoms with van der Waals surface area (Å²) in [5, 5.41) is 17.9. The number of halogens is 3. The number of nitrogens with one attached hydrogen (secondary N) is 3. The van der Waals surface area contributed by atoms with E-state index in [-0.39, 0.29) is 29.0 Å². The molecule has 6 rings (SSSR count). The van der Waals surface area contributed by atoms with Crippen molar-refractivity contribution in [2.24, 2.45) is 0 Å². The van der Waals surface area contributed by atoms with Crippen molar-refractivity contribution in [1.82, 2.24) is 10.3 Å². The summed E-state index contributed by atoms with van der Waals surface area (Å²) in [6.07, 6.45) is -1.76. The van der Waals surface area contributed by atoms with Crippen LogP contribution in [-0.2, 0) is 37.2 Å². The standard InChI is InChI=1S/C30H31N5O4S.C2HF3O2/c1-2-40(38,39)26-13-11-23-17-22(26)18-33-30(37)28(20-8-6-19(7-9-20)4-3-5-27(36)34-23)35-24-10-12-25-21(16-24)14-15-32-29(25)31;3-2(4,5)1(6)7/h6-17,28,35H,2-5,18H2,1H3,(H2,31,32)(H,33,37)(H,34,36);(H,6,7). The van der Waals surface area contributed by atoms with E-state index in [0.29, 0.717) is 36.3 Å². The number of sulfone groups is 1. The van der Waals surface area contributed by atoms with Crippen LogP contribution >= 0.6 is 0 Å². The second kappa shape index (κ2) is 14.5. The first-order chi connectivity index (χ1) is 22.2. The lowest BCUT2D eigenvalue weighted by atomic mass is 10.0. The number of aromatic nitrogens is 1. The molecule has 2 aliphatic heterocycles. The van der Waals surface area contributed by atoms with Crippen LogP contribution in [0.2, 0.25) is 0 Å². The van der Waals surface area contributed by atoms with E-state index in [1.54, 1.807) is 25.3 Å². The number of aliphatic carboxylic acids is 1. The Morgan fingerprint density at radius 1 is 1.04 bits per heavy atom. The molecular weight excluding hydrogens is 639 g/mol. The van der Waals surface area contributed by atoms with Gasteiger partial charge >= 0.3 is 12.1 Å². The number of aryl methyl sites for hydroxylation is 1. The van der Waals surface area contributed by atoms with Crippen LogP contribution in [0.15, 0.2) is 77.8 Å². The number of nitrogens with two attached hydrogens (primary N) is 1. The van der Waals surface area contributed by atoms with Crippen LogP contribution in [0.4, 0.5) is 30.4 Å². The molecule has 47 heavy (non-hydrogen) atoms. The lowest BCUT2D eigenvalue weighted by molar-refractivity contribution is -0.192. The Morgan fingerprint density at radius 3 is 2.40 bits per heavy atom. The van der Waals surface area contributed by atoms with Gasteiger partial charge in [-0.2, -0.15) is 13.2 Å². The van der Waals surface area contributed by atoms with Gasteiger partial charge in [0, 0.05) is 35.9 Å². The quantitative estimate of drug-likeness (QED) is 0.200. The first-order valence-electron chi connectivity index (χ1n) is 14.4. The molecule has 11 nitrogen and oxygen atoms in total. The molecule has 4 aromatic rings. The number of amides is 2. The summed E-state index contributed by atoms with van der Waals surface area (Å²) in [6, 6.07) is 19.1. The molecule has 248 valence electrons. The third-order valence-electron chi connectivity index (χ3n) is 7.31. The first-order valence-corrected chi connectivity index (χ1v) is 16.1. The van der Waals surface area contributed by atoms with Gasteiger partial charge in [-0.1, -0.05) is 31.2 Å². The van der Waals surface area contributed by atoms with Gasteiger partial charge in [0.1, 0.15) is 11.9 Å². The lowest BCUT2D eigenvalue weighted by Crippen LogP contribution is -2.33. The maximum atomic E-state index is 13.7. The van der Waals surface area contributed by atoms with Crippen molar-refractivity contribution in [2.75, 3.05) is 22.1 Å². The minimum Gasteiger partial charge on any atom is -0.475 e. The molecule has 0 aliphatic carbocycles. The number of nitrogens with zero attached hydrogens (tertiary/aromatic N) is 1. The Kier molecular flexibility index (Phi) is 10.7. The van der Waals surface area contributed by atoms with Crippen molar-refractivity contribution in [2.45, 2.75) is 49.8 Å². The second-order valence-electron chi connectivity index (χ2n) is 10.6. The molecule has 3 aromatic carbocycles. The van der Waals surface area contributed by atoms with E-state index in [0.717, 1.165) is 27.6 Å². The largest absolute Gasteiger partial charge is 0.490 e. The molecule has 1 unspecified atom stereocenters. The van der Waals surface area contributed by atoms with Gasteiger partial charge in [-0.3, -0.25) is 9.59 Å². The zero-order valence-electron chi connectivity index (χ0n) is 25.1. The number of nitrogen functional groups attached to an aromatic ring is 1. The summed E-state index contributed by atoms with van der Waals surface area (Å²) in [6.45, 7) is 1.54. The Bertz CT molecular complexity index is 1900. The number of carbonyl (C=O) groups is 3. The maximum absolute atomic E-state index is 13.7. The number of fused-ring (bicyclic) bond motifs is 10. The minimum absolute atomic E-state index is 0.0344. The number of pyridine rings is 1. The highest BCUT2D eigenvalue weighted by molar-refractivity contribution is 7.91. The zero-order chi connectivity index (χ0) is 34.4. The van der Waals surface area contributed by atoms with E-state index in [2.05, 4.69) is 20.9 Å². The van der Waals surface area contributed by atoms with Crippen LogP contribution in [0.1, 0.15) is 42.5 Å². The summed E-state index contributed by atoms with van der Waals surface area (Å²) in [7, 11) is -3.56. The van der Waals surface area contributed by atoms with Gasteiger partial charge in [0.25, 0.3) is 0 Å². The third-order valence-corrected chi connectivity index (χ3v) is 9.13. The van der Waals surface area contributed by atoms with Crippen molar-refractivity contribution in [3.05, 3.63) is 89.6 Å². The highest BCUT2D eigenvalue weighted by Crippen LogP contribution is 2.28. The number of hydrogen-bond donors (Lipinski definition) is 5. The van der Waals surface area contributed by atoms with Crippen molar-refractivity contribution >= 4 is 55.6 Å². The normalized spacial score (nSPS) is 15.6. The van der Waals surface area contributed by atoms with Crippen LogP contribution in [0.25, 0.3) is 10.8 Å². The van der Waals surface area contributed by atoms with Crippen molar-refractivity contribution < 1.29 is 41.1 Å². The summed E-state index contributed by atoms with van der Waals surface area (Å²) in [4.78, 5) is 39.4. The summed E-state index contributed by atoms with van der Waals surface area (Å²) >= 11 is 0. The number of rotatable bonds is 4. The molecule has 2 aliphatic rings. The third kappa shape index (κ3) is 8.97. The molecule has 15 heteroatoms. The van der Waals surface area contributed by atoms with Gasteiger partial charge in [-0.15, -0.1) is 0 Å². The number of alkyl halides is 3. The van der Waals surface area contributed by atoms with Crippen LogP contribution in [0.5, 0.6) is 0 Å². The van der Waals surface area contributed by atoms with Gasteiger partial charge in [-0.25, -0.2) is 18.2 Å². The average molecular weight is 672 g/mol. The zero-order valence-corrected chi connectivity index (χ0v) is 25.9. The Hall–Kier alpha value is -5.18. The fourth-order valence-electron chi connectivity index (χ4n) is 4.85. The Labute approximate surface area is 268 Å². The first kappa shape index (κ1) is 34.7.